The van der Waals surface area contributed by atoms with Crippen LogP contribution in [0.4, 0.5) is 0 Å². The predicted molar refractivity (Wildman–Crippen MR) is 221 cm³/mol. The Kier molecular flexibility index (Phi) is 12.5. The minimum atomic E-state index is -1.55. The Labute approximate surface area is 360 Å². The van der Waals surface area contributed by atoms with Crippen LogP contribution < -0.4 is 10.6 Å². The first-order valence-electron chi connectivity index (χ1n) is 22.8. The summed E-state index contributed by atoms with van der Waals surface area (Å²) in [4.78, 5) is 37.6. The molecule has 7 rings (SSSR count). The number of amides is 2. The number of rotatable bonds is 9. The minimum absolute atomic E-state index is 0.0267. The van der Waals surface area contributed by atoms with Crippen LogP contribution in [-0.2, 0) is 33.3 Å². The zero-order valence-electron chi connectivity index (χ0n) is 37.7. The number of carboxylic acids is 1. The van der Waals surface area contributed by atoms with Gasteiger partial charge in [-0.1, -0.05) is 60.1 Å². The summed E-state index contributed by atoms with van der Waals surface area (Å²) in [7, 11) is 0. The zero-order valence-corrected chi connectivity index (χ0v) is 37.7. The van der Waals surface area contributed by atoms with Crippen molar-refractivity contribution in [2.75, 3.05) is 13.2 Å². The van der Waals surface area contributed by atoms with E-state index in [2.05, 4.69) is 65.2 Å². The van der Waals surface area contributed by atoms with Crippen molar-refractivity contribution in [1.82, 2.24) is 10.6 Å². The molecule has 0 aromatic carbocycles. The summed E-state index contributed by atoms with van der Waals surface area (Å²) >= 11 is 0. The third-order valence-corrected chi connectivity index (χ3v) is 18.0. The molecule has 0 spiro atoms. The summed E-state index contributed by atoms with van der Waals surface area (Å²) in [5.74, 6) is -0.945. The number of hydrogen-bond acceptors (Lipinski definition) is 12. The Balaban J connectivity index is 1.11. The lowest BCUT2D eigenvalue weighted by Gasteiger charge is -2.71. The second-order valence-corrected chi connectivity index (χ2v) is 22.2. The Morgan fingerprint density at radius 1 is 0.754 bits per heavy atom. The molecule has 8 N–H and O–H groups in total. The number of fused-ring (bicyclic) bond motifs is 7. The van der Waals surface area contributed by atoms with Crippen LogP contribution in [0.3, 0.4) is 0 Å². The largest absolute Gasteiger partial charge is 0.481 e. The summed E-state index contributed by atoms with van der Waals surface area (Å²) < 4.78 is 24.9. The van der Waals surface area contributed by atoms with E-state index in [4.69, 9.17) is 18.9 Å². The molecule has 5 aliphatic carbocycles. The number of nitrogens with one attached hydrogen (secondary N) is 2. The van der Waals surface area contributed by atoms with Crippen molar-refractivity contribution in [3.05, 3.63) is 11.6 Å². The molecule has 0 unspecified atom stereocenters. The third-order valence-electron chi connectivity index (χ3n) is 18.0. The number of aliphatic hydroxyl groups is 5. The molecular weight excluding hydrogens is 789 g/mol. The Bertz CT molecular complexity index is 1720. The lowest BCUT2D eigenvalue weighted by Crippen LogP contribution is -2.68. The maximum atomic E-state index is 13.1. The monoisotopic (exact) mass is 863 g/mol. The lowest BCUT2D eigenvalue weighted by molar-refractivity contribution is -0.321. The van der Waals surface area contributed by atoms with Crippen molar-refractivity contribution in [2.45, 2.75) is 194 Å². The van der Waals surface area contributed by atoms with Gasteiger partial charge in [-0.2, -0.15) is 0 Å². The molecular formula is C46H74N2O13. The molecule has 0 aromatic heterocycles. The molecule has 2 saturated heterocycles. The lowest BCUT2D eigenvalue weighted by atomic mass is 9.33. The fourth-order valence-corrected chi connectivity index (χ4v) is 14.4. The number of aliphatic carboxylic acids is 1. The third kappa shape index (κ3) is 7.61. The molecule has 7 aliphatic rings. The van der Waals surface area contributed by atoms with Gasteiger partial charge in [-0.15, -0.1) is 0 Å². The van der Waals surface area contributed by atoms with E-state index >= 15 is 0 Å². The molecule has 61 heavy (non-hydrogen) atoms. The van der Waals surface area contributed by atoms with Crippen molar-refractivity contribution in [3.8, 4) is 0 Å². The molecule has 0 bridgehead atoms. The van der Waals surface area contributed by atoms with Crippen LogP contribution in [0.25, 0.3) is 0 Å². The first-order chi connectivity index (χ1) is 28.4. The summed E-state index contributed by atoms with van der Waals surface area (Å²) in [6.45, 7) is 18.0. The van der Waals surface area contributed by atoms with Crippen LogP contribution in [0.1, 0.15) is 127 Å². The average Bonchev–Trinajstić information content (AvgIpc) is 3.17. The van der Waals surface area contributed by atoms with Gasteiger partial charge in [0.25, 0.3) is 0 Å². The average molecular weight is 863 g/mol. The highest BCUT2D eigenvalue weighted by Gasteiger charge is 2.69. The molecule has 18 atom stereocenters. The topological polar surface area (TPSA) is 234 Å². The maximum absolute atomic E-state index is 13.1. The van der Waals surface area contributed by atoms with Gasteiger partial charge in [0, 0.05) is 13.8 Å². The molecule has 2 amide bonds. The van der Waals surface area contributed by atoms with Crippen molar-refractivity contribution >= 4 is 17.8 Å². The fourth-order valence-electron chi connectivity index (χ4n) is 14.4. The van der Waals surface area contributed by atoms with E-state index in [9.17, 15) is 45.0 Å². The normalized spacial score (nSPS) is 48.9. The van der Waals surface area contributed by atoms with E-state index < -0.39 is 97.7 Å². The summed E-state index contributed by atoms with van der Waals surface area (Å²) in [5, 5.41) is 69.8. The van der Waals surface area contributed by atoms with Crippen molar-refractivity contribution in [3.63, 3.8) is 0 Å². The highest BCUT2D eigenvalue weighted by Crippen LogP contribution is 2.76. The van der Waals surface area contributed by atoms with Gasteiger partial charge in [-0.25, -0.2) is 0 Å². The first-order valence-corrected chi connectivity index (χ1v) is 22.8. The number of carboxylic acid groups (broad SMARTS) is 1. The van der Waals surface area contributed by atoms with E-state index in [1.54, 1.807) is 0 Å². The minimum Gasteiger partial charge on any atom is -0.481 e. The van der Waals surface area contributed by atoms with E-state index in [0.29, 0.717) is 18.8 Å². The number of carbonyl (C=O) groups is 3. The number of hydrogen-bond donors (Lipinski definition) is 8. The molecule has 15 nitrogen and oxygen atoms in total. The van der Waals surface area contributed by atoms with Crippen LogP contribution in [0.5, 0.6) is 0 Å². The van der Waals surface area contributed by atoms with Gasteiger partial charge in [0.05, 0.1) is 24.7 Å². The zero-order chi connectivity index (χ0) is 44.8. The molecule has 0 aromatic rings. The van der Waals surface area contributed by atoms with E-state index in [0.717, 1.165) is 51.4 Å². The van der Waals surface area contributed by atoms with Gasteiger partial charge in [-0.05, 0) is 109 Å². The Morgan fingerprint density at radius 2 is 1.34 bits per heavy atom. The molecule has 2 heterocycles. The van der Waals surface area contributed by atoms with Crippen molar-refractivity contribution in [2.24, 2.45) is 50.2 Å². The molecule has 4 saturated carbocycles. The quantitative estimate of drug-likeness (QED) is 0.123. The second-order valence-electron chi connectivity index (χ2n) is 22.2. The van der Waals surface area contributed by atoms with Gasteiger partial charge in [-0.3, -0.25) is 14.4 Å². The van der Waals surface area contributed by atoms with Gasteiger partial charge >= 0.3 is 5.97 Å². The fraction of sp³-hybridized carbons (Fsp3) is 0.891. The maximum Gasteiger partial charge on any atom is 0.310 e. The van der Waals surface area contributed by atoms with Gasteiger partial charge in [0.1, 0.15) is 48.7 Å². The number of aliphatic hydroxyl groups excluding tert-OH is 5. The van der Waals surface area contributed by atoms with E-state index in [1.165, 1.54) is 19.4 Å². The first kappa shape index (κ1) is 46.8. The molecule has 346 valence electrons. The Morgan fingerprint density at radius 3 is 1.95 bits per heavy atom. The smallest absolute Gasteiger partial charge is 0.310 e. The second kappa shape index (κ2) is 16.3. The van der Waals surface area contributed by atoms with Gasteiger partial charge in [0.15, 0.2) is 12.6 Å². The summed E-state index contributed by atoms with van der Waals surface area (Å²) in [6.07, 6.45) is -0.393. The van der Waals surface area contributed by atoms with Gasteiger partial charge in [0.2, 0.25) is 11.8 Å². The molecule has 6 fully saturated rings. The van der Waals surface area contributed by atoms with Crippen LogP contribution >= 0.6 is 0 Å². The standard InChI is InChI=1S/C46H74N2O13/c1-23(50)47-32-36(54)34(52)27(21-49)59-38(32)58-22-28-35(53)37(55)33(48-24(2)51)39(60-28)61-31-13-14-43(7)29(42(31,5)6)12-15-45(9)30(43)11-10-25-26-20-41(3,4)16-18-46(26,40(56)57)19-17-44(25,45)8/h10,26-39,49,52-55H,11-22H2,1-9H3,(H,47,50)(H,48,51)(H,56,57)/t26-,27+,28+,29-,30+,31-,32+,33+,34+,35+,36+,37+,38+,39-,43-,44+,45+,46-/m0/s1. The van der Waals surface area contributed by atoms with E-state index in [-0.39, 0.29) is 45.0 Å². The predicted octanol–water partition coefficient (Wildman–Crippen LogP) is 3.17. The van der Waals surface area contributed by atoms with Crippen LogP contribution in [-0.4, -0.2) is 129 Å². The summed E-state index contributed by atoms with van der Waals surface area (Å²) in [5.41, 5.74) is 0.213. The highest BCUT2D eigenvalue weighted by molar-refractivity contribution is 5.77. The van der Waals surface area contributed by atoms with Crippen molar-refractivity contribution < 1.29 is 64.0 Å². The van der Waals surface area contributed by atoms with Crippen LogP contribution in [0, 0.1) is 50.2 Å². The number of carbonyl (C=O) groups excluding carboxylic acids is 2. The highest BCUT2D eigenvalue weighted by atomic mass is 16.7. The molecule has 2 aliphatic heterocycles. The Hall–Kier alpha value is -2.21. The van der Waals surface area contributed by atoms with Crippen LogP contribution in [0.15, 0.2) is 11.6 Å². The number of allylic oxidation sites excluding steroid dienone is 2. The molecule has 0 radical (unpaired) electrons. The summed E-state index contributed by atoms with van der Waals surface area (Å²) in [6, 6.07) is -2.34. The van der Waals surface area contributed by atoms with Crippen LogP contribution in [0.2, 0.25) is 0 Å². The van der Waals surface area contributed by atoms with Gasteiger partial charge < -0.3 is 60.2 Å². The van der Waals surface area contributed by atoms with E-state index in [1.807, 2.05) is 0 Å². The molecule has 15 heteroatoms. The number of ether oxygens (including phenoxy) is 4. The SMILES string of the molecule is CC(=O)N[C@H]1[C@H](OC[C@H]2O[C@@H](O[C@H]3CC[C@]4(C)[C@H]5CC=C6[C@@H]7CC(C)(C)CC[C@]7(C(=O)O)CC[C@@]6(C)[C@]5(C)CC[C@H]4C3(C)C)[C@H](NC(C)=O)[C@@H](O)[C@@H]2O)O[C@H](CO)[C@@H](O)[C@@H]1O. The van der Waals surface area contributed by atoms with Crippen molar-refractivity contribution in [1.29, 1.82) is 0 Å².